The first-order valence-corrected chi connectivity index (χ1v) is 8.83. The van der Waals surface area contributed by atoms with Gasteiger partial charge < -0.3 is 5.32 Å². The van der Waals surface area contributed by atoms with E-state index in [9.17, 15) is 9.18 Å². The molecule has 1 N–H and O–H groups in total. The van der Waals surface area contributed by atoms with E-state index in [0.29, 0.717) is 16.4 Å². The number of halogens is 2. The fourth-order valence-electron chi connectivity index (χ4n) is 2.64. The van der Waals surface area contributed by atoms with Gasteiger partial charge in [0.25, 0.3) is 0 Å². The van der Waals surface area contributed by atoms with Crippen LogP contribution in [0, 0.1) is 12.7 Å². The SMILES string of the molecule is CCn1ncc(/C=C/C(=O)Nc2ccn(Cc3c(F)cccc3Cl)n2)c1C. The molecule has 27 heavy (non-hydrogen) atoms. The lowest BCUT2D eigenvalue weighted by Gasteiger charge is -2.05. The van der Waals surface area contributed by atoms with E-state index in [1.165, 1.54) is 16.8 Å². The Labute approximate surface area is 161 Å². The Kier molecular flexibility index (Phi) is 5.71. The van der Waals surface area contributed by atoms with Crippen molar-refractivity contribution >= 4 is 29.4 Å². The fourth-order valence-corrected chi connectivity index (χ4v) is 2.86. The van der Waals surface area contributed by atoms with Crippen LogP contribution in [0.15, 0.2) is 42.7 Å². The lowest BCUT2D eigenvalue weighted by Crippen LogP contribution is -2.10. The predicted molar refractivity (Wildman–Crippen MR) is 103 cm³/mol. The maximum absolute atomic E-state index is 13.9. The van der Waals surface area contributed by atoms with E-state index in [1.807, 2.05) is 18.5 Å². The Balaban J connectivity index is 1.64. The van der Waals surface area contributed by atoms with Crippen LogP contribution in [0.25, 0.3) is 6.08 Å². The number of hydrogen-bond donors (Lipinski definition) is 1. The van der Waals surface area contributed by atoms with Gasteiger partial charge in [0.05, 0.1) is 12.7 Å². The molecular weight excluding hydrogens is 369 g/mol. The summed E-state index contributed by atoms with van der Waals surface area (Å²) in [5, 5.41) is 11.5. The molecule has 8 heteroatoms. The molecule has 3 rings (SSSR count). The van der Waals surface area contributed by atoms with Crippen molar-refractivity contribution in [2.75, 3.05) is 5.32 Å². The zero-order valence-electron chi connectivity index (χ0n) is 15.0. The molecule has 0 aliphatic heterocycles. The number of hydrogen-bond acceptors (Lipinski definition) is 3. The molecule has 0 atom stereocenters. The van der Waals surface area contributed by atoms with Gasteiger partial charge in [0.2, 0.25) is 5.91 Å². The van der Waals surface area contributed by atoms with Crippen molar-refractivity contribution in [2.45, 2.75) is 26.9 Å². The van der Waals surface area contributed by atoms with Crippen LogP contribution >= 0.6 is 11.6 Å². The standard InChI is InChI=1S/C19H19ClFN5O/c1-3-26-13(2)14(11-22-26)7-8-19(27)23-18-9-10-25(24-18)12-15-16(20)5-4-6-17(15)21/h4-11H,3,12H2,1-2H3,(H,23,24,27)/b8-7+. The molecule has 0 aliphatic rings. The Morgan fingerprint density at radius 3 is 2.89 bits per heavy atom. The molecule has 0 aliphatic carbocycles. The summed E-state index contributed by atoms with van der Waals surface area (Å²) >= 11 is 6.03. The third-order valence-electron chi connectivity index (χ3n) is 4.13. The summed E-state index contributed by atoms with van der Waals surface area (Å²) in [5.74, 6) is -0.333. The van der Waals surface area contributed by atoms with E-state index in [0.717, 1.165) is 17.8 Å². The number of anilines is 1. The van der Waals surface area contributed by atoms with Gasteiger partial charge >= 0.3 is 0 Å². The monoisotopic (exact) mass is 387 g/mol. The number of aryl methyl sites for hydroxylation is 1. The van der Waals surface area contributed by atoms with Gasteiger partial charge in [0, 0.05) is 46.7 Å². The molecular formula is C19H19ClFN5O. The van der Waals surface area contributed by atoms with Gasteiger partial charge in [0.1, 0.15) is 5.82 Å². The molecule has 0 unspecified atom stereocenters. The van der Waals surface area contributed by atoms with Crippen molar-refractivity contribution in [2.24, 2.45) is 0 Å². The van der Waals surface area contributed by atoms with Crippen LogP contribution < -0.4 is 5.32 Å². The van der Waals surface area contributed by atoms with Crippen molar-refractivity contribution < 1.29 is 9.18 Å². The summed E-state index contributed by atoms with van der Waals surface area (Å²) in [5.41, 5.74) is 2.22. The van der Waals surface area contributed by atoms with Crippen molar-refractivity contribution in [1.29, 1.82) is 0 Å². The first-order valence-electron chi connectivity index (χ1n) is 8.45. The third-order valence-corrected chi connectivity index (χ3v) is 4.48. The average molecular weight is 388 g/mol. The number of carbonyl (C=O) groups excluding carboxylic acids is 1. The van der Waals surface area contributed by atoms with E-state index in [2.05, 4.69) is 15.5 Å². The van der Waals surface area contributed by atoms with Crippen molar-refractivity contribution in [3.8, 4) is 0 Å². The van der Waals surface area contributed by atoms with Crippen LogP contribution in [0.5, 0.6) is 0 Å². The van der Waals surface area contributed by atoms with Gasteiger partial charge in [-0.25, -0.2) is 4.39 Å². The topological polar surface area (TPSA) is 64.7 Å². The second-order valence-corrected chi connectivity index (χ2v) is 6.33. The molecule has 0 saturated carbocycles. The number of nitrogens with zero attached hydrogens (tertiary/aromatic N) is 4. The maximum atomic E-state index is 13.9. The first kappa shape index (κ1) is 18.8. The van der Waals surface area contributed by atoms with Gasteiger partial charge in [-0.2, -0.15) is 10.2 Å². The molecule has 0 bridgehead atoms. The minimum atomic E-state index is -0.394. The lowest BCUT2D eigenvalue weighted by molar-refractivity contribution is -0.111. The summed E-state index contributed by atoms with van der Waals surface area (Å²) < 4.78 is 17.2. The van der Waals surface area contributed by atoms with Gasteiger partial charge in [-0.15, -0.1) is 0 Å². The minimum absolute atomic E-state index is 0.173. The summed E-state index contributed by atoms with van der Waals surface area (Å²) in [6.07, 6.45) is 6.50. The summed E-state index contributed by atoms with van der Waals surface area (Å²) in [4.78, 5) is 12.1. The highest BCUT2D eigenvalue weighted by Gasteiger charge is 2.09. The van der Waals surface area contributed by atoms with E-state index in [4.69, 9.17) is 11.6 Å². The number of benzene rings is 1. The van der Waals surface area contributed by atoms with Crippen molar-refractivity contribution in [3.63, 3.8) is 0 Å². The van der Waals surface area contributed by atoms with Gasteiger partial charge in [0.15, 0.2) is 5.82 Å². The zero-order valence-corrected chi connectivity index (χ0v) is 15.7. The first-order chi connectivity index (χ1) is 13.0. The van der Waals surface area contributed by atoms with Crippen LogP contribution in [0.3, 0.4) is 0 Å². The third kappa shape index (κ3) is 4.43. The Bertz CT molecular complexity index is 972. The van der Waals surface area contributed by atoms with Crippen LogP contribution in [-0.4, -0.2) is 25.5 Å². The Hall–Kier alpha value is -2.93. The molecule has 0 saturated heterocycles. The van der Waals surface area contributed by atoms with E-state index in [-0.39, 0.29) is 12.5 Å². The molecule has 2 aromatic heterocycles. The largest absolute Gasteiger partial charge is 0.306 e. The Morgan fingerprint density at radius 1 is 1.37 bits per heavy atom. The van der Waals surface area contributed by atoms with Crippen molar-refractivity contribution in [1.82, 2.24) is 19.6 Å². The maximum Gasteiger partial charge on any atom is 0.249 e. The van der Waals surface area contributed by atoms with Crippen LogP contribution in [0.4, 0.5) is 10.2 Å². The van der Waals surface area contributed by atoms with Gasteiger partial charge in [-0.3, -0.25) is 14.2 Å². The second-order valence-electron chi connectivity index (χ2n) is 5.92. The quantitative estimate of drug-likeness (QED) is 0.652. The predicted octanol–water partition coefficient (Wildman–Crippen LogP) is 3.90. The number of carbonyl (C=O) groups is 1. The summed E-state index contributed by atoms with van der Waals surface area (Å²) in [6.45, 7) is 4.90. The van der Waals surface area contributed by atoms with Crippen LogP contribution in [0.1, 0.15) is 23.7 Å². The molecule has 140 valence electrons. The highest BCUT2D eigenvalue weighted by atomic mass is 35.5. The minimum Gasteiger partial charge on any atom is -0.306 e. The van der Waals surface area contributed by atoms with Crippen molar-refractivity contribution in [3.05, 3.63) is 70.4 Å². The highest BCUT2D eigenvalue weighted by Crippen LogP contribution is 2.20. The number of aromatic nitrogens is 4. The Morgan fingerprint density at radius 2 is 2.19 bits per heavy atom. The van der Waals surface area contributed by atoms with E-state index >= 15 is 0 Å². The zero-order chi connectivity index (χ0) is 19.4. The highest BCUT2D eigenvalue weighted by molar-refractivity contribution is 6.31. The molecule has 3 aromatic rings. The molecule has 0 spiro atoms. The van der Waals surface area contributed by atoms with E-state index in [1.54, 1.807) is 36.7 Å². The number of rotatable bonds is 6. The molecule has 0 radical (unpaired) electrons. The molecule has 0 fully saturated rings. The number of amides is 1. The van der Waals surface area contributed by atoms with Gasteiger partial charge in [-0.05, 0) is 32.1 Å². The lowest BCUT2D eigenvalue weighted by atomic mass is 10.2. The van der Waals surface area contributed by atoms with Crippen LogP contribution in [0.2, 0.25) is 5.02 Å². The van der Waals surface area contributed by atoms with Crippen LogP contribution in [-0.2, 0) is 17.9 Å². The normalized spacial score (nSPS) is 11.3. The molecule has 1 aromatic carbocycles. The van der Waals surface area contributed by atoms with Gasteiger partial charge in [-0.1, -0.05) is 17.7 Å². The molecule has 1 amide bonds. The average Bonchev–Trinajstić information content (AvgIpc) is 3.22. The second kappa shape index (κ2) is 8.18. The van der Waals surface area contributed by atoms with E-state index < -0.39 is 5.82 Å². The fraction of sp³-hybridized carbons (Fsp3) is 0.211. The summed E-state index contributed by atoms with van der Waals surface area (Å²) in [7, 11) is 0. The molecule has 2 heterocycles. The summed E-state index contributed by atoms with van der Waals surface area (Å²) in [6, 6.07) is 6.16. The molecule has 6 nitrogen and oxygen atoms in total. The number of nitrogens with one attached hydrogen (secondary N) is 1. The smallest absolute Gasteiger partial charge is 0.249 e.